The molecule has 0 radical (unpaired) electrons. The molecule has 0 saturated carbocycles. The first kappa shape index (κ1) is 39.7. The van der Waals surface area contributed by atoms with Gasteiger partial charge >= 0.3 is 5.97 Å². The van der Waals surface area contributed by atoms with Gasteiger partial charge in [0.1, 0.15) is 17.7 Å². The second-order valence-electron chi connectivity index (χ2n) is 8.53. The Balaban J connectivity index is -0.00000216. The number of nitrogens with zero attached hydrogens (tertiary/aromatic N) is 1. The van der Waals surface area contributed by atoms with Gasteiger partial charge in [-0.05, 0) is 53.4 Å². The first-order chi connectivity index (χ1) is 15.8. The Labute approximate surface area is 232 Å². The third kappa shape index (κ3) is 9.48. The molecule has 1 aliphatic heterocycles. The molecule has 218 valence electrons. The van der Waals surface area contributed by atoms with Crippen LogP contribution in [-0.2, 0) is 11.2 Å². The lowest BCUT2D eigenvalue weighted by atomic mass is 9.91. The van der Waals surface area contributed by atoms with Gasteiger partial charge in [-0.25, -0.2) is 0 Å². The first-order valence-corrected chi connectivity index (χ1v) is 11.0. The Bertz CT molecular complexity index is 1230. The molecule has 13 heteroatoms. The van der Waals surface area contributed by atoms with E-state index in [-0.39, 0.29) is 51.7 Å². The molecule has 3 aromatic rings. The number of likely N-dealkylation sites (tertiary alicyclic amines) is 1. The van der Waals surface area contributed by atoms with E-state index in [1.54, 1.807) is 6.92 Å². The van der Waals surface area contributed by atoms with Crippen LogP contribution in [-0.4, -0.2) is 74.2 Å². The van der Waals surface area contributed by atoms with E-state index in [0.717, 1.165) is 34.9 Å². The summed E-state index contributed by atoms with van der Waals surface area (Å²) in [6, 6.07) is 18.7. The minimum Gasteiger partial charge on any atom is -0.489 e. The topological polar surface area (TPSA) is 281 Å². The van der Waals surface area contributed by atoms with E-state index < -0.39 is 11.9 Å². The zero-order chi connectivity index (χ0) is 23.5. The molecule has 4 rings (SSSR count). The zero-order valence-corrected chi connectivity index (χ0v) is 22.3. The van der Waals surface area contributed by atoms with Crippen molar-refractivity contribution in [3.05, 3.63) is 77.4 Å². The molecule has 1 heterocycles. The lowest BCUT2D eigenvalue weighted by Gasteiger charge is -2.18. The molecule has 1 fully saturated rings. The van der Waals surface area contributed by atoms with Gasteiger partial charge in [0.2, 0.25) is 0 Å². The number of hydrogen-bond donors (Lipinski definition) is 4. The maximum Gasteiger partial charge on any atom is 0.311 e. The summed E-state index contributed by atoms with van der Waals surface area (Å²) < 4.78 is 6.03. The van der Waals surface area contributed by atoms with E-state index in [9.17, 15) is 9.90 Å². The van der Waals surface area contributed by atoms with Gasteiger partial charge in [-0.1, -0.05) is 42.5 Å². The molecule has 2 unspecified atom stereocenters. The molecule has 1 saturated heterocycles. The standard InChI is InChI=1S/C26H28N4O3.ClH.5H2O/c1-16(27)30-11-10-23(15-30)33-22-8-6-19(7-9-22)24(26(31)32)13-17-2-3-18-4-5-20(25(28)29)14-21(18)12-17;;;;;;/h2-9,12,14,23-24,27H,10-11,13,15H2,1H3,(H3,28,29)(H,31,32);1H;5*1H2. The lowest BCUT2D eigenvalue weighted by molar-refractivity contribution is -0.138. The Morgan fingerprint density at radius 2 is 1.62 bits per heavy atom. The van der Waals surface area contributed by atoms with Gasteiger partial charge in [0.25, 0.3) is 0 Å². The number of carboxylic acid groups (broad SMARTS) is 1. The van der Waals surface area contributed by atoms with Crippen LogP contribution in [0.15, 0.2) is 60.7 Å². The van der Waals surface area contributed by atoms with E-state index in [2.05, 4.69) is 0 Å². The third-order valence-corrected chi connectivity index (χ3v) is 6.16. The number of halogens is 1. The van der Waals surface area contributed by atoms with E-state index in [4.69, 9.17) is 21.3 Å². The van der Waals surface area contributed by atoms with Crippen molar-refractivity contribution in [3.8, 4) is 5.75 Å². The Kier molecular flexibility index (Phi) is 17.3. The molecule has 0 amide bonds. The number of hydrogen-bond acceptors (Lipinski definition) is 4. The van der Waals surface area contributed by atoms with E-state index in [1.165, 1.54) is 0 Å². The summed E-state index contributed by atoms with van der Waals surface area (Å²) in [7, 11) is 0. The minimum absolute atomic E-state index is 0. The van der Waals surface area contributed by atoms with Crippen molar-refractivity contribution < 1.29 is 42.0 Å². The largest absolute Gasteiger partial charge is 0.489 e. The number of nitrogens with two attached hydrogens (primary N) is 1. The molecule has 15 N–H and O–H groups in total. The van der Waals surface area contributed by atoms with E-state index in [1.807, 2.05) is 65.6 Å². The molecule has 2 atom stereocenters. The number of ether oxygens (including phenoxy) is 1. The van der Waals surface area contributed by atoms with Crippen LogP contribution in [0.25, 0.3) is 10.8 Å². The van der Waals surface area contributed by atoms with Gasteiger partial charge in [0.15, 0.2) is 0 Å². The van der Waals surface area contributed by atoms with Crippen molar-refractivity contribution in [2.24, 2.45) is 5.73 Å². The molecule has 12 nitrogen and oxygen atoms in total. The number of benzene rings is 3. The second kappa shape index (κ2) is 16.9. The first-order valence-electron chi connectivity index (χ1n) is 11.0. The Morgan fingerprint density at radius 1 is 1.00 bits per heavy atom. The predicted octanol–water partition coefficient (Wildman–Crippen LogP) is 0.283. The number of amidine groups is 2. The highest BCUT2D eigenvalue weighted by atomic mass is 35.5. The molecule has 1 aliphatic rings. The number of fused-ring (bicyclic) bond motifs is 1. The van der Waals surface area contributed by atoms with Crippen LogP contribution < -0.4 is 10.5 Å². The molecule has 0 bridgehead atoms. The van der Waals surface area contributed by atoms with Gasteiger partial charge in [-0.15, -0.1) is 12.4 Å². The van der Waals surface area contributed by atoms with Crippen molar-refractivity contribution in [3.63, 3.8) is 0 Å². The molecule has 39 heavy (non-hydrogen) atoms. The highest BCUT2D eigenvalue weighted by Gasteiger charge is 2.25. The van der Waals surface area contributed by atoms with Crippen LogP contribution in [0.1, 0.15) is 36.0 Å². The van der Waals surface area contributed by atoms with Crippen molar-refractivity contribution in [1.29, 1.82) is 10.8 Å². The summed E-state index contributed by atoms with van der Waals surface area (Å²) in [5.41, 5.74) is 7.88. The number of nitrogens with one attached hydrogen (secondary N) is 2. The fourth-order valence-corrected chi connectivity index (χ4v) is 4.27. The van der Waals surface area contributed by atoms with Gasteiger partial charge in [-0.3, -0.25) is 15.6 Å². The van der Waals surface area contributed by atoms with Gasteiger partial charge in [-0.2, -0.15) is 0 Å². The zero-order valence-electron chi connectivity index (χ0n) is 21.5. The molecular weight excluding hydrogens is 532 g/mol. The summed E-state index contributed by atoms with van der Waals surface area (Å²) in [5, 5.41) is 27.2. The molecule has 3 aromatic carbocycles. The van der Waals surface area contributed by atoms with Crippen LogP contribution >= 0.6 is 12.4 Å². The average molecular weight is 571 g/mol. The summed E-state index contributed by atoms with van der Waals surface area (Å²) in [6.07, 6.45) is 1.25. The smallest absolute Gasteiger partial charge is 0.311 e. The van der Waals surface area contributed by atoms with Crippen molar-refractivity contribution >= 4 is 40.8 Å². The highest BCUT2D eigenvalue weighted by Crippen LogP contribution is 2.27. The van der Waals surface area contributed by atoms with Crippen molar-refractivity contribution in [2.45, 2.75) is 31.8 Å². The molecule has 0 aromatic heterocycles. The van der Waals surface area contributed by atoms with Gasteiger partial charge in [0, 0.05) is 18.5 Å². The molecule has 0 spiro atoms. The highest BCUT2D eigenvalue weighted by molar-refractivity contribution is 5.99. The number of carboxylic acids is 1. The maximum atomic E-state index is 12.1. The molecular formula is C26H39ClN4O8. The van der Waals surface area contributed by atoms with Crippen LogP contribution in [0.2, 0.25) is 0 Å². The van der Waals surface area contributed by atoms with Crippen LogP contribution in [0.3, 0.4) is 0 Å². The Hall–Kier alpha value is -3.78. The number of rotatable bonds is 7. The van der Waals surface area contributed by atoms with Gasteiger partial charge in [0.05, 0.1) is 18.3 Å². The summed E-state index contributed by atoms with van der Waals surface area (Å²) >= 11 is 0. The lowest BCUT2D eigenvalue weighted by Crippen LogP contribution is -2.28. The SMILES string of the molecule is CC(=N)N1CCC(Oc2ccc(C(Cc3ccc4ccc(C(=N)N)cc4c3)C(=O)O)cc2)C1.Cl.O.O.O.O.O. The van der Waals surface area contributed by atoms with Crippen LogP contribution in [0.4, 0.5) is 0 Å². The van der Waals surface area contributed by atoms with E-state index in [0.29, 0.717) is 30.1 Å². The minimum atomic E-state index is -0.880. The quantitative estimate of drug-likeness (QED) is 0.229. The van der Waals surface area contributed by atoms with Crippen molar-refractivity contribution in [2.75, 3.05) is 13.1 Å². The van der Waals surface area contributed by atoms with E-state index >= 15 is 0 Å². The van der Waals surface area contributed by atoms with Crippen LogP contribution in [0, 0.1) is 10.8 Å². The van der Waals surface area contributed by atoms with Gasteiger partial charge < -0.3 is 47.9 Å². The average Bonchev–Trinajstić information content (AvgIpc) is 3.26. The monoisotopic (exact) mass is 570 g/mol. The predicted molar refractivity (Wildman–Crippen MR) is 155 cm³/mol. The third-order valence-electron chi connectivity index (χ3n) is 6.16. The Morgan fingerprint density at radius 3 is 2.15 bits per heavy atom. The molecule has 0 aliphatic carbocycles. The number of nitrogen functional groups attached to an aromatic ring is 1. The number of carbonyl (C=O) groups is 1. The second-order valence-corrected chi connectivity index (χ2v) is 8.53. The fourth-order valence-electron chi connectivity index (χ4n) is 4.27. The maximum absolute atomic E-state index is 12.1. The number of aliphatic carboxylic acids is 1. The summed E-state index contributed by atoms with van der Waals surface area (Å²) in [4.78, 5) is 14.1. The van der Waals surface area contributed by atoms with Crippen molar-refractivity contribution in [1.82, 2.24) is 4.90 Å². The normalized spacial score (nSPS) is 14.0. The summed E-state index contributed by atoms with van der Waals surface area (Å²) in [6.45, 7) is 3.29. The van der Waals surface area contributed by atoms with Crippen LogP contribution in [0.5, 0.6) is 5.75 Å². The fraction of sp³-hybridized carbons (Fsp3) is 0.269. The summed E-state index contributed by atoms with van der Waals surface area (Å²) in [5.74, 6) is -0.303.